The van der Waals surface area contributed by atoms with Crippen LogP contribution in [0, 0.1) is 17.1 Å². The van der Waals surface area contributed by atoms with Crippen LogP contribution in [0.25, 0.3) is 33.3 Å². The van der Waals surface area contributed by atoms with E-state index in [9.17, 15) is 14.8 Å². The van der Waals surface area contributed by atoms with E-state index in [1.807, 2.05) is 12.1 Å². The fourth-order valence-electron chi connectivity index (χ4n) is 5.45. The Kier molecular flexibility index (Phi) is 6.27. The third kappa shape index (κ3) is 4.28. The van der Waals surface area contributed by atoms with Crippen LogP contribution in [0.4, 0.5) is 10.1 Å². The number of hydrogen-bond donors (Lipinski definition) is 2. The normalized spacial score (nSPS) is 19.1. The summed E-state index contributed by atoms with van der Waals surface area (Å²) in [6.07, 6.45) is 4.26. The fraction of sp³-hybridized carbons (Fsp3) is 0.276. The monoisotopic (exact) mass is 511 g/mol. The first-order valence-corrected chi connectivity index (χ1v) is 12.5. The predicted molar refractivity (Wildman–Crippen MR) is 142 cm³/mol. The van der Waals surface area contributed by atoms with Gasteiger partial charge in [-0.05, 0) is 36.2 Å². The highest BCUT2D eigenvalue weighted by Gasteiger charge is 2.34. The van der Waals surface area contributed by atoms with Crippen molar-refractivity contribution in [3.8, 4) is 39.8 Å². The number of phenols is 1. The minimum atomic E-state index is -0.408. The Bertz CT molecular complexity index is 1570. The third-order valence-electron chi connectivity index (χ3n) is 7.29. The number of nitrogens with one attached hydrogen (secondary N) is 1. The van der Waals surface area contributed by atoms with Crippen LogP contribution < -0.4 is 15.0 Å². The number of piperidine rings is 1. The molecule has 2 aliphatic rings. The maximum Gasteiger partial charge on any atom is 0.161 e. The number of hydrogen-bond acceptors (Lipinski definition) is 8. The van der Waals surface area contributed by atoms with E-state index in [-0.39, 0.29) is 23.5 Å². The van der Waals surface area contributed by atoms with Crippen molar-refractivity contribution in [1.29, 1.82) is 5.26 Å². The van der Waals surface area contributed by atoms with Crippen molar-refractivity contribution in [3.05, 3.63) is 66.2 Å². The maximum absolute atomic E-state index is 14.6. The van der Waals surface area contributed by atoms with E-state index in [0.29, 0.717) is 41.2 Å². The Morgan fingerprint density at radius 2 is 2.03 bits per heavy atom. The quantitative estimate of drug-likeness (QED) is 0.419. The van der Waals surface area contributed by atoms with E-state index in [1.165, 1.54) is 19.2 Å². The number of morpholine rings is 1. The lowest BCUT2D eigenvalue weighted by atomic mass is 9.95. The minimum absolute atomic E-state index is 0.0168. The standard InChI is InChI=1S/C29H26FN5O3/c1-37-21-10-18(9-20(30)12-21)24-15-34-29-23(27(24)35-7-5-25-26(16-35)38-8-6-32-25)11-19(14-33-29)22-4-2-3-17(13-31)28(22)36/h2-4,9-12,14-15,25-26,32,36H,5-8,16H2,1H3/t25-,26-/m1/s1. The van der Waals surface area contributed by atoms with Crippen molar-refractivity contribution in [1.82, 2.24) is 15.3 Å². The van der Waals surface area contributed by atoms with Gasteiger partial charge in [0.1, 0.15) is 23.4 Å². The number of ether oxygens (including phenoxy) is 2. The van der Waals surface area contributed by atoms with Gasteiger partial charge in [-0.2, -0.15) is 5.26 Å². The number of nitrogens with zero attached hydrogens (tertiary/aromatic N) is 4. The molecule has 2 N–H and O–H groups in total. The summed E-state index contributed by atoms with van der Waals surface area (Å²) in [5, 5.41) is 24.4. The van der Waals surface area contributed by atoms with E-state index >= 15 is 0 Å². The van der Waals surface area contributed by atoms with Crippen molar-refractivity contribution in [2.45, 2.75) is 18.6 Å². The molecule has 0 aliphatic carbocycles. The highest BCUT2D eigenvalue weighted by molar-refractivity contribution is 6.00. The summed E-state index contributed by atoms with van der Waals surface area (Å²) >= 11 is 0. The molecule has 4 aromatic rings. The van der Waals surface area contributed by atoms with Crippen LogP contribution in [-0.4, -0.2) is 60.6 Å². The largest absolute Gasteiger partial charge is 0.506 e. The van der Waals surface area contributed by atoms with Gasteiger partial charge in [-0.25, -0.2) is 14.4 Å². The number of pyridine rings is 2. The molecule has 0 saturated carbocycles. The average Bonchev–Trinajstić information content (AvgIpc) is 2.95. The lowest BCUT2D eigenvalue weighted by Crippen LogP contribution is -2.57. The molecule has 2 saturated heterocycles. The minimum Gasteiger partial charge on any atom is -0.506 e. The molecule has 2 aromatic heterocycles. The Labute approximate surface area is 219 Å². The lowest BCUT2D eigenvalue weighted by Gasteiger charge is -2.43. The highest BCUT2D eigenvalue weighted by atomic mass is 19.1. The number of methoxy groups -OCH3 is 1. The molecule has 2 aliphatic heterocycles. The molecule has 0 amide bonds. The number of benzene rings is 2. The number of rotatable bonds is 4. The number of aromatic hydroxyl groups is 1. The van der Waals surface area contributed by atoms with Crippen LogP contribution in [0.15, 0.2) is 54.9 Å². The Balaban J connectivity index is 1.56. The fourth-order valence-corrected chi connectivity index (χ4v) is 5.45. The van der Waals surface area contributed by atoms with Crippen LogP contribution in [-0.2, 0) is 4.74 Å². The Hall–Kier alpha value is -4.26. The molecule has 6 rings (SSSR count). The summed E-state index contributed by atoms with van der Waals surface area (Å²) < 4.78 is 26.0. The Morgan fingerprint density at radius 1 is 1.16 bits per heavy atom. The second kappa shape index (κ2) is 9.89. The molecule has 0 radical (unpaired) electrons. The van der Waals surface area contributed by atoms with E-state index in [4.69, 9.17) is 9.47 Å². The zero-order chi connectivity index (χ0) is 26.2. The lowest BCUT2D eigenvalue weighted by molar-refractivity contribution is -0.00896. The summed E-state index contributed by atoms with van der Waals surface area (Å²) in [6, 6.07) is 13.9. The number of para-hydroxylation sites is 1. The summed E-state index contributed by atoms with van der Waals surface area (Å²) in [5.74, 6) is -0.0945. The third-order valence-corrected chi connectivity index (χ3v) is 7.29. The molecule has 2 aromatic carbocycles. The summed E-state index contributed by atoms with van der Waals surface area (Å²) in [7, 11) is 1.51. The van der Waals surface area contributed by atoms with Gasteiger partial charge >= 0.3 is 0 Å². The summed E-state index contributed by atoms with van der Waals surface area (Å²) in [4.78, 5) is 11.5. The van der Waals surface area contributed by atoms with Crippen molar-refractivity contribution in [2.24, 2.45) is 0 Å². The molecule has 38 heavy (non-hydrogen) atoms. The zero-order valence-corrected chi connectivity index (χ0v) is 20.8. The van der Waals surface area contributed by atoms with E-state index in [1.54, 1.807) is 36.7 Å². The SMILES string of the molecule is COc1cc(F)cc(-c2cnc3ncc(-c4cccc(C#N)c4O)cc3c2N2CC[C@H]3NCCO[C@@H]3C2)c1. The molecule has 192 valence electrons. The van der Waals surface area contributed by atoms with E-state index < -0.39 is 5.82 Å². The van der Waals surface area contributed by atoms with Gasteiger partial charge in [0.15, 0.2) is 5.65 Å². The Morgan fingerprint density at radius 3 is 2.87 bits per heavy atom. The predicted octanol–water partition coefficient (Wildman–Crippen LogP) is 4.26. The van der Waals surface area contributed by atoms with E-state index in [2.05, 4.69) is 20.2 Å². The van der Waals surface area contributed by atoms with Crippen molar-refractivity contribution in [3.63, 3.8) is 0 Å². The van der Waals surface area contributed by atoms with Crippen LogP contribution in [0.3, 0.4) is 0 Å². The molecule has 0 unspecified atom stereocenters. The number of phenolic OH excluding ortho intramolecular Hbond substituents is 1. The molecular formula is C29H26FN5O3. The van der Waals surface area contributed by atoms with Gasteiger partial charge < -0.3 is 24.8 Å². The van der Waals surface area contributed by atoms with Crippen LogP contribution in [0.5, 0.6) is 11.5 Å². The van der Waals surface area contributed by atoms with Crippen molar-refractivity contribution < 1.29 is 19.0 Å². The van der Waals surface area contributed by atoms with Gasteiger partial charge in [-0.15, -0.1) is 0 Å². The maximum atomic E-state index is 14.6. The molecule has 9 heteroatoms. The van der Waals surface area contributed by atoms with Crippen molar-refractivity contribution in [2.75, 3.05) is 38.3 Å². The molecule has 2 fully saturated rings. The summed E-state index contributed by atoms with van der Waals surface area (Å²) in [5.41, 5.74) is 4.10. The van der Waals surface area contributed by atoms with Crippen LogP contribution >= 0.6 is 0 Å². The second-order valence-corrected chi connectivity index (χ2v) is 9.51. The van der Waals surface area contributed by atoms with Gasteiger partial charge in [0, 0.05) is 66.2 Å². The van der Waals surface area contributed by atoms with Gasteiger partial charge in [0.05, 0.1) is 31.1 Å². The first-order chi connectivity index (χ1) is 18.6. The van der Waals surface area contributed by atoms with Gasteiger partial charge in [-0.1, -0.05) is 12.1 Å². The van der Waals surface area contributed by atoms with Crippen LogP contribution in [0.2, 0.25) is 0 Å². The van der Waals surface area contributed by atoms with E-state index in [0.717, 1.165) is 36.1 Å². The molecule has 0 spiro atoms. The molecule has 2 atom stereocenters. The molecule has 8 nitrogen and oxygen atoms in total. The molecule has 0 bridgehead atoms. The van der Waals surface area contributed by atoms with Gasteiger partial charge in [0.2, 0.25) is 0 Å². The smallest absolute Gasteiger partial charge is 0.161 e. The first kappa shape index (κ1) is 24.1. The second-order valence-electron chi connectivity index (χ2n) is 9.51. The molecular weight excluding hydrogens is 485 g/mol. The first-order valence-electron chi connectivity index (χ1n) is 12.5. The number of nitriles is 1. The number of halogens is 1. The number of fused-ring (bicyclic) bond motifs is 2. The van der Waals surface area contributed by atoms with Gasteiger partial charge in [0.25, 0.3) is 0 Å². The number of anilines is 1. The van der Waals surface area contributed by atoms with Crippen molar-refractivity contribution >= 4 is 16.7 Å². The summed E-state index contributed by atoms with van der Waals surface area (Å²) in [6.45, 7) is 2.90. The van der Waals surface area contributed by atoms with Gasteiger partial charge in [-0.3, -0.25) is 0 Å². The molecule has 4 heterocycles. The highest BCUT2D eigenvalue weighted by Crippen LogP contribution is 2.41. The topological polar surface area (TPSA) is 104 Å². The number of aromatic nitrogens is 2. The average molecular weight is 512 g/mol. The van der Waals surface area contributed by atoms with Crippen LogP contribution in [0.1, 0.15) is 12.0 Å². The zero-order valence-electron chi connectivity index (χ0n) is 20.8.